The Morgan fingerprint density at radius 1 is 1.29 bits per heavy atom. The number of nitrogens with zero attached hydrogens (tertiary/aromatic N) is 2. The lowest BCUT2D eigenvalue weighted by molar-refractivity contribution is 0.0995. The van der Waals surface area contributed by atoms with Crippen LogP contribution in [0, 0.1) is 0 Å². The smallest absolute Gasteiger partial charge is 0.267 e. The monoisotopic (exact) mass is 346 g/mol. The largest absolute Gasteiger partial charge is 0.381 e. The second-order valence-corrected chi connectivity index (χ2v) is 5.96. The predicted molar refractivity (Wildman–Crippen MR) is 94.6 cm³/mol. The number of aromatic nitrogens is 1. The SMILES string of the molecule is NC(=O)c1cc(NCc2cc(Cl)ccc2N2CCOCC2)ccn1. The van der Waals surface area contributed by atoms with Crippen LogP contribution in [0.15, 0.2) is 36.5 Å². The third-order valence-corrected chi connectivity index (χ3v) is 4.12. The van der Waals surface area contributed by atoms with Crippen molar-refractivity contribution in [3.8, 4) is 0 Å². The Hall–Kier alpha value is -2.31. The topological polar surface area (TPSA) is 80.5 Å². The van der Waals surface area contributed by atoms with Crippen molar-refractivity contribution in [3.63, 3.8) is 0 Å². The lowest BCUT2D eigenvalue weighted by Gasteiger charge is -2.31. The fourth-order valence-corrected chi connectivity index (χ4v) is 2.88. The van der Waals surface area contributed by atoms with Gasteiger partial charge in [-0.05, 0) is 35.9 Å². The average molecular weight is 347 g/mol. The van der Waals surface area contributed by atoms with Crippen LogP contribution in [0.3, 0.4) is 0 Å². The Morgan fingerprint density at radius 2 is 2.08 bits per heavy atom. The Labute approximate surface area is 145 Å². The zero-order valence-corrected chi connectivity index (χ0v) is 13.9. The van der Waals surface area contributed by atoms with E-state index in [9.17, 15) is 4.79 Å². The van der Waals surface area contributed by atoms with Gasteiger partial charge in [0.1, 0.15) is 5.69 Å². The molecule has 6 nitrogen and oxygen atoms in total. The number of rotatable bonds is 5. The van der Waals surface area contributed by atoms with Crippen LogP contribution >= 0.6 is 11.6 Å². The molecule has 24 heavy (non-hydrogen) atoms. The first-order chi connectivity index (χ1) is 11.6. The number of benzene rings is 1. The summed E-state index contributed by atoms with van der Waals surface area (Å²) in [7, 11) is 0. The van der Waals surface area contributed by atoms with E-state index < -0.39 is 5.91 Å². The number of halogens is 1. The van der Waals surface area contributed by atoms with Crippen LogP contribution in [0.2, 0.25) is 5.02 Å². The van der Waals surface area contributed by atoms with Gasteiger partial charge in [-0.2, -0.15) is 0 Å². The molecule has 1 aliphatic rings. The highest BCUT2D eigenvalue weighted by molar-refractivity contribution is 6.30. The zero-order valence-electron chi connectivity index (χ0n) is 13.2. The van der Waals surface area contributed by atoms with E-state index in [1.54, 1.807) is 18.3 Å². The highest BCUT2D eigenvalue weighted by Crippen LogP contribution is 2.26. The van der Waals surface area contributed by atoms with Gasteiger partial charge in [-0.15, -0.1) is 0 Å². The second kappa shape index (κ2) is 7.51. The number of nitrogens with two attached hydrogens (primary N) is 1. The van der Waals surface area contributed by atoms with Crippen LogP contribution in [0.25, 0.3) is 0 Å². The van der Waals surface area contributed by atoms with E-state index in [1.807, 2.05) is 18.2 Å². The molecule has 1 aromatic heterocycles. The van der Waals surface area contributed by atoms with Crippen LogP contribution in [0.5, 0.6) is 0 Å². The van der Waals surface area contributed by atoms with Gasteiger partial charge in [0.2, 0.25) is 0 Å². The van der Waals surface area contributed by atoms with E-state index in [0.29, 0.717) is 11.6 Å². The molecule has 0 aliphatic carbocycles. The molecule has 3 rings (SSSR count). The van der Waals surface area contributed by atoms with Crippen molar-refractivity contribution in [1.29, 1.82) is 0 Å². The molecule has 0 bridgehead atoms. The number of primary amides is 1. The number of carbonyl (C=O) groups excluding carboxylic acids is 1. The first-order valence-electron chi connectivity index (χ1n) is 7.74. The summed E-state index contributed by atoms with van der Waals surface area (Å²) in [6.07, 6.45) is 1.56. The summed E-state index contributed by atoms with van der Waals surface area (Å²) >= 11 is 6.16. The van der Waals surface area contributed by atoms with Crippen molar-refractivity contribution in [3.05, 3.63) is 52.8 Å². The van der Waals surface area contributed by atoms with Crippen molar-refractivity contribution in [1.82, 2.24) is 4.98 Å². The van der Waals surface area contributed by atoms with Crippen molar-refractivity contribution in [2.45, 2.75) is 6.54 Å². The highest BCUT2D eigenvalue weighted by atomic mass is 35.5. The van der Waals surface area contributed by atoms with Gasteiger partial charge in [-0.25, -0.2) is 0 Å². The molecule has 0 spiro atoms. The Bertz CT molecular complexity index is 732. The van der Waals surface area contributed by atoms with E-state index in [1.165, 1.54) is 0 Å². The van der Waals surface area contributed by atoms with E-state index in [-0.39, 0.29) is 5.69 Å². The molecule has 0 radical (unpaired) electrons. The molecule has 3 N–H and O–H groups in total. The summed E-state index contributed by atoms with van der Waals surface area (Å²) in [5, 5.41) is 3.99. The molecule has 7 heteroatoms. The van der Waals surface area contributed by atoms with Gasteiger partial charge in [-0.1, -0.05) is 11.6 Å². The van der Waals surface area contributed by atoms with Gasteiger partial charge in [0.25, 0.3) is 5.91 Å². The maximum atomic E-state index is 11.2. The van der Waals surface area contributed by atoms with E-state index >= 15 is 0 Å². The average Bonchev–Trinajstić information content (AvgIpc) is 2.61. The minimum atomic E-state index is -0.546. The third-order valence-electron chi connectivity index (χ3n) is 3.89. The molecule has 1 aliphatic heterocycles. The lowest BCUT2D eigenvalue weighted by atomic mass is 10.1. The normalized spacial score (nSPS) is 14.5. The van der Waals surface area contributed by atoms with Crippen molar-refractivity contribution in [2.75, 3.05) is 36.5 Å². The van der Waals surface area contributed by atoms with E-state index in [2.05, 4.69) is 15.2 Å². The Morgan fingerprint density at radius 3 is 2.83 bits per heavy atom. The van der Waals surface area contributed by atoms with Gasteiger partial charge in [0, 0.05) is 42.2 Å². The summed E-state index contributed by atoms with van der Waals surface area (Å²) in [5.41, 5.74) is 8.51. The van der Waals surface area contributed by atoms with Crippen molar-refractivity contribution >= 4 is 28.9 Å². The van der Waals surface area contributed by atoms with Crippen molar-refractivity contribution in [2.24, 2.45) is 5.73 Å². The molecule has 1 saturated heterocycles. The van der Waals surface area contributed by atoms with Crippen LogP contribution in [-0.2, 0) is 11.3 Å². The fourth-order valence-electron chi connectivity index (χ4n) is 2.68. The minimum Gasteiger partial charge on any atom is -0.381 e. The number of carbonyl (C=O) groups is 1. The molecule has 0 atom stereocenters. The summed E-state index contributed by atoms with van der Waals surface area (Å²) < 4.78 is 5.42. The van der Waals surface area contributed by atoms with Gasteiger partial charge in [0.15, 0.2) is 0 Å². The maximum Gasteiger partial charge on any atom is 0.267 e. The molecular weight excluding hydrogens is 328 g/mol. The standard InChI is InChI=1S/C17H19ClN4O2/c18-13-1-2-16(22-5-7-24-8-6-22)12(9-13)11-21-14-3-4-20-15(10-14)17(19)23/h1-4,9-10H,5-8,11H2,(H2,19,23)(H,20,21). The van der Waals surface area contributed by atoms with Gasteiger partial charge >= 0.3 is 0 Å². The van der Waals surface area contributed by atoms with Crippen molar-refractivity contribution < 1.29 is 9.53 Å². The van der Waals surface area contributed by atoms with E-state index in [0.717, 1.165) is 43.2 Å². The summed E-state index contributed by atoms with van der Waals surface area (Å²) in [4.78, 5) is 17.5. The fraction of sp³-hybridized carbons (Fsp3) is 0.294. The number of morpholine rings is 1. The number of anilines is 2. The maximum absolute atomic E-state index is 11.2. The van der Waals surface area contributed by atoms with Gasteiger partial charge in [-0.3, -0.25) is 9.78 Å². The summed E-state index contributed by atoms with van der Waals surface area (Å²) in [6.45, 7) is 3.74. The molecule has 2 aromatic rings. The van der Waals surface area contributed by atoms with Crippen LogP contribution in [0.1, 0.15) is 16.1 Å². The molecule has 1 fully saturated rings. The van der Waals surface area contributed by atoms with Gasteiger partial charge < -0.3 is 20.7 Å². The van der Waals surface area contributed by atoms with Crippen LogP contribution in [0.4, 0.5) is 11.4 Å². The Kier molecular flexibility index (Phi) is 5.17. The minimum absolute atomic E-state index is 0.236. The molecule has 2 heterocycles. The predicted octanol–water partition coefficient (Wildman–Crippen LogP) is 2.28. The number of amides is 1. The molecular formula is C17H19ClN4O2. The molecule has 0 unspecified atom stereocenters. The first-order valence-corrected chi connectivity index (χ1v) is 8.12. The Balaban J connectivity index is 1.78. The molecule has 1 amide bonds. The number of hydrogen-bond acceptors (Lipinski definition) is 5. The third kappa shape index (κ3) is 3.96. The number of nitrogens with one attached hydrogen (secondary N) is 1. The summed E-state index contributed by atoms with van der Waals surface area (Å²) in [5.74, 6) is -0.546. The van der Waals surface area contributed by atoms with E-state index in [4.69, 9.17) is 22.1 Å². The van der Waals surface area contributed by atoms with Gasteiger partial charge in [0.05, 0.1) is 13.2 Å². The zero-order chi connectivity index (χ0) is 16.9. The molecule has 1 aromatic carbocycles. The molecule has 0 saturated carbocycles. The number of hydrogen-bond donors (Lipinski definition) is 2. The quantitative estimate of drug-likeness (QED) is 0.868. The highest BCUT2D eigenvalue weighted by Gasteiger charge is 2.15. The number of pyridine rings is 1. The molecule has 126 valence electrons. The van der Waals surface area contributed by atoms with Crippen LogP contribution < -0.4 is 16.0 Å². The number of ether oxygens (including phenoxy) is 1. The van der Waals surface area contributed by atoms with Crippen LogP contribution in [-0.4, -0.2) is 37.2 Å². The first kappa shape index (κ1) is 16.5. The lowest BCUT2D eigenvalue weighted by Crippen LogP contribution is -2.36. The summed E-state index contributed by atoms with van der Waals surface area (Å²) in [6, 6.07) is 9.32. The second-order valence-electron chi connectivity index (χ2n) is 5.52.